The fourth-order valence-corrected chi connectivity index (χ4v) is 2.57. The number of carbonyl (C=O) groups is 1. The molecule has 0 unspecified atom stereocenters. The number of carbonyl (C=O) groups excluding carboxylic acids is 1. The van der Waals surface area contributed by atoms with Crippen LogP contribution < -0.4 is 5.32 Å². The second-order valence-corrected chi connectivity index (χ2v) is 5.24. The van der Waals surface area contributed by atoms with Gasteiger partial charge in [0, 0.05) is 29.7 Å². The van der Waals surface area contributed by atoms with Crippen LogP contribution in [0.3, 0.4) is 0 Å². The summed E-state index contributed by atoms with van der Waals surface area (Å²) in [7, 11) is 0. The predicted molar refractivity (Wildman–Crippen MR) is 90.3 cm³/mol. The molecule has 5 nitrogen and oxygen atoms in total. The number of hydrogen-bond acceptors (Lipinski definition) is 2. The molecule has 112 valence electrons. The largest absolute Gasteiger partial charge is 0.346 e. The van der Waals surface area contributed by atoms with Gasteiger partial charge in [-0.2, -0.15) is 0 Å². The van der Waals surface area contributed by atoms with Crippen LogP contribution in [0.4, 0.5) is 5.69 Å². The molecule has 3 aromatic heterocycles. The zero-order valence-electron chi connectivity index (χ0n) is 12.2. The fraction of sp³-hybridized carbons (Fsp3) is 0. The van der Waals surface area contributed by atoms with Crippen LogP contribution in [0.1, 0.15) is 10.4 Å². The minimum atomic E-state index is -0.179. The van der Waals surface area contributed by atoms with Crippen molar-refractivity contribution in [2.24, 2.45) is 0 Å². The highest BCUT2D eigenvalue weighted by atomic mass is 16.1. The van der Waals surface area contributed by atoms with E-state index in [0.29, 0.717) is 5.56 Å². The first-order valence-electron chi connectivity index (χ1n) is 7.28. The van der Waals surface area contributed by atoms with Gasteiger partial charge in [-0.25, -0.2) is 0 Å². The summed E-state index contributed by atoms with van der Waals surface area (Å²) >= 11 is 0. The van der Waals surface area contributed by atoms with Crippen molar-refractivity contribution in [1.29, 1.82) is 0 Å². The van der Waals surface area contributed by atoms with Crippen LogP contribution in [-0.2, 0) is 0 Å². The Morgan fingerprint density at radius 2 is 1.96 bits per heavy atom. The first-order chi connectivity index (χ1) is 11.3. The number of rotatable bonds is 3. The molecule has 0 saturated heterocycles. The third kappa shape index (κ3) is 2.48. The fourth-order valence-electron chi connectivity index (χ4n) is 2.57. The molecular weight excluding hydrogens is 288 g/mol. The van der Waals surface area contributed by atoms with Crippen molar-refractivity contribution in [3.8, 4) is 11.3 Å². The number of pyridine rings is 1. The maximum atomic E-state index is 12.3. The van der Waals surface area contributed by atoms with E-state index < -0.39 is 0 Å². The van der Waals surface area contributed by atoms with Gasteiger partial charge in [-0.3, -0.25) is 9.78 Å². The van der Waals surface area contributed by atoms with Gasteiger partial charge < -0.3 is 15.3 Å². The van der Waals surface area contributed by atoms with Gasteiger partial charge in [-0.05, 0) is 23.8 Å². The topological polar surface area (TPSA) is 73.6 Å². The maximum Gasteiger partial charge on any atom is 0.257 e. The number of anilines is 1. The second-order valence-electron chi connectivity index (χ2n) is 5.24. The van der Waals surface area contributed by atoms with Crippen molar-refractivity contribution < 1.29 is 4.79 Å². The third-order valence-corrected chi connectivity index (χ3v) is 3.73. The number of nitrogens with zero attached hydrogens (tertiary/aromatic N) is 1. The quantitative estimate of drug-likeness (QED) is 0.538. The molecular formula is C18H14N4O. The summed E-state index contributed by atoms with van der Waals surface area (Å²) in [5.41, 5.74) is 4.25. The highest BCUT2D eigenvalue weighted by Gasteiger charge is 2.12. The van der Waals surface area contributed by atoms with E-state index in [9.17, 15) is 4.79 Å². The number of amides is 1. The highest BCUT2D eigenvalue weighted by Crippen LogP contribution is 2.29. The molecule has 4 rings (SSSR count). The molecule has 0 aliphatic carbocycles. The third-order valence-electron chi connectivity index (χ3n) is 3.73. The predicted octanol–water partition coefficient (Wildman–Crippen LogP) is 3.81. The Balaban J connectivity index is 1.66. The maximum absolute atomic E-state index is 12.3. The molecule has 4 aromatic rings. The molecule has 0 radical (unpaired) electrons. The summed E-state index contributed by atoms with van der Waals surface area (Å²) in [6.45, 7) is 0. The number of fused-ring (bicyclic) bond motifs is 1. The lowest BCUT2D eigenvalue weighted by Gasteiger charge is -2.02. The Hall–Kier alpha value is -3.34. The Kier molecular flexibility index (Phi) is 3.16. The van der Waals surface area contributed by atoms with Crippen LogP contribution in [0, 0.1) is 0 Å². The van der Waals surface area contributed by atoms with Gasteiger partial charge in [0.25, 0.3) is 5.91 Å². The van der Waals surface area contributed by atoms with E-state index in [4.69, 9.17) is 0 Å². The van der Waals surface area contributed by atoms with Crippen molar-refractivity contribution in [3.63, 3.8) is 0 Å². The molecule has 23 heavy (non-hydrogen) atoms. The van der Waals surface area contributed by atoms with E-state index in [2.05, 4.69) is 20.3 Å². The zero-order valence-corrected chi connectivity index (χ0v) is 12.2. The number of hydrogen-bond donors (Lipinski definition) is 3. The molecule has 0 saturated carbocycles. The first kappa shape index (κ1) is 13.3. The van der Waals surface area contributed by atoms with Gasteiger partial charge >= 0.3 is 0 Å². The van der Waals surface area contributed by atoms with Crippen LogP contribution in [0.25, 0.3) is 22.3 Å². The van der Waals surface area contributed by atoms with Gasteiger partial charge in [0.05, 0.1) is 11.3 Å². The van der Waals surface area contributed by atoms with Gasteiger partial charge in [-0.15, -0.1) is 0 Å². The van der Waals surface area contributed by atoms with Crippen LogP contribution in [-0.4, -0.2) is 20.9 Å². The molecule has 0 spiro atoms. The molecule has 0 aliphatic rings. The Morgan fingerprint density at radius 3 is 2.74 bits per heavy atom. The molecule has 3 heterocycles. The van der Waals surface area contributed by atoms with Gasteiger partial charge in [0.15, 0.2) is 0 Å². The molecule has 3 N–H and O–H groups in total. The summed E-state index contributed by atoms with van der Waals surface area (Å²) in [6.07, 6.45) is 4.97. The normalized spacial score (nSPS) is 10.8. The monoisotopic (exact) mass is 302 g/mol. The Morgan fingerprint density at radius 1 is 1.09 bits per heavy atom. The van der Waals surface area contributed by atoms with Crippen LogP contribution in [0.2, 0.25) is 0 Å². The van der Waals surface area contributed by atoms with Crippen LogP contribution in [0.15, 0.2) is 67.1 Å². The summed E-state index contributed by atoms with van der Waals surface area (Å²) in [6, 6.07) is 15.6. The molecule has 5 heteroatoms. The Labute approximate surface area is 132 Å². The summed E-state index contributed by atoms with van der Waals surface area (Å²) in [5.74, 6) is -0.179. The van der Waals surface area contributed by atoms with Gasteiger partial charge in [0.1, 0.15) is 5.65 Å². The number of benzene rings is 1. The summed E-state index contributed by atoms with van der Waals surface area (Å²) in [4.78, 5) is 22.7. The van der Waals surface area contributed by atoms with E-state index in [-0.39, 0.29) is 5.91 Å². The van der Waals surface area contributed by atoms with E-state index >= 15 is 0 Å². The van der Waals surface area contributed by atoms with Crippen molar-refractivity contribution in [2.45, 2.75) is 0 Å². The summed E-state index contributed by atoms with van der Waals surface area (Å²) < 4.78 is 0. The smallest absolute Gasteiger partial charge is 0.257 e. The molecule has 1 amide bonds. The molecule has 1 aromatic carbocycles. The van der Waals surface area contributed by atoms with Crippen molar-refractivity contribution in [2.75, 3.05) is 5.32 Å². The summed E-state index contributed by atoms with van der Waals surface area (Å²) in [5, 5.41) is 3.86. The van der Waals surface area contributed by atoms with Crippen LogP contribution >= 0.6 is 0 Å². The van der Waals surface area contributed by atoms with E-state index in [1.807, 2.05) is 36.4 Å². The van der Waals surface area contributed by atoms with Gasteiger partial charge in [-0.1, -0.05) is 30.3 Å². The zero-order chi connectivity index (χ0) is 15.6. The van der Waals surface area contributed by atoms with E-state index in [1.54, 1.807) is 30.7 Å². The highest BCUT2D eigenvalue weighted by molar-refractivity contribution is 6.09. The number of aromatic amines is 2. The van der Waals surface area contributed by atoms with Gasteiger partial charge in [0.2, 0.25) is 0 Å². The lowest BCUT2D eigenvalue weighted by Crippen LogP contribution is -2.11. The van der Waals surface area contributed by atoms with E-state index in [0.717, 1.165) is 28.0 Å². The first-order valence-corrected chi connectivity index (χ1v) is 7.28. The SMILES string of the molecule is O=C(Nc1c[nH]c2[nH]c(-c3ccccc3)cc12)c1cccnc1. The lowest BCUT2D eigenvalue weighted by molar-refractivity contribution is 0.102. The minimum Gasteiger partial charge on any atom is -0.346 e. The van der Waals surface area contributed by atoms with Crippen LogP contribution in [0.5, 0.6) is 0 Å². The van der Waals surface area contributed by atoms with E-state index in [1.165, 1.54) is 0 Å². The second kappa shape index (κ2) is 5.46. The lowest BCUT2D eigenvalue weighted by atomic mass is 10.1. The minimum absolute atomic E-state index is 0.179. The van der Waals surface area contributed by atoms with Crippen molar-refractivity contribution >= 4 is 22.6 Å². The number of H-pyrrole nitrogens is 2. The average Bonchev–Trinajstić information content (AvgIpc) is 3.18. The molecule has 0 bridgehead atoms. The van der Waals surface area contributed by atoms with Crippen molar-refractivity contribution in [3.05, 3.63) is 72.7 Å². The standard InChI is InChI=1S/C18H14N4O/c23-18(13-7-4-8-19-10-13)22-16-11-20-17-14(16)9-15(21-17)12-5-2-1-3-6-12/h1-11,20-21H,(H,22,23). The molecule has 0 atom stereocenters. The average molecular weight is 302 g/mol. The Bertz CT molecular complexity index is 955. The number of nitrogens with one attached hydrogen (secondary N) is 3. The van der Waals surface area contributed by atoms with Crippen molar-refractivity contribution in [1.82, 2.24) is 15.0 Å². The molecule has 0 fully saturated rings. The number of aromatic nitrogens is 3. The molecule has 0 aliphatic heterocycles.